The van der Waals surface area contributed by atoms with Crippen LogP contribution in [0, 0.1) is 0 Å². The van der Waals surface area contributed by atoms with Crippen LogP contribution in [0.15, 0.2) is 51.8 Å². The van der Waals surface area contributed by atoms with E-state index in [1.165, 1.54) is 0 Å². The third kappa shape index (κ3) is 5.65. The van der Waals surface area contributed by atoms with E-state index in [-0.39, 0.29) is 11.4 Å². The van der Waals surface area contributed by atoms with Crippen LogP contribution >= 0.6 is 39.3 Å². The van der Waals surface area contributed by atoms with Crippen LogP contribution in [-0.4, -0.2) is 35.1 Å². The number of rotatable bonds is 7. The molecule has 2 aromatic carbocycles. The van der Waals surface area contributed by atoms with Crippen molar-refractivity contribution in [3.63, 3.8) is 0 Å². The predicted octanol–water partition coefficient (Wildman–Crippen LogP) is 5.57. The minimum absolute atomic E-state index is 0.231. The first-order valence-electron chi connectivity index (χ1n) is 9.10. The number of anilines is 1. The van der Waals surface area contributed by atoms with Gasteiger partial charge in [0.15, 0.2) is 0 Å². The highest BCUT2D eigenvalue weighted by atomic mass is 79.9. The highest BCUT2D eigenvalue weighted by Gasteiger charge is 2.36. The first-order valence-corrected chi connectivity index (χ1v) is 11.1. The lowest BCUT2D eigenvalue weighted by Gasteiger charge is -2.12. The molecule has 1 aliphatic rings. The van der Waals surface area contributed by atoms with Gasteiger partial charge in [-0.15, -0.1) is 0 Å². The zero-order valence-electron chi connectivity index (χ0n) is 16.0. The first-order chi connectivity index (χ1) is 14.4. The molecule has 3 amide bonds. The Morgan fingerprint density at radius 1 is 1.27 bits per heavy atom. The molecule has 0 bridgehead atoms. The van der Waals surface area contributed by atoms with E-state index in [4.69, 9.17) is 16.3 Å². The fraction of sp³-hybridized carbons (Fsp3) is 0.190. The molecule has 0 aliphatic carbocycles. The molecule has 0 aromatic heterocycles. The van der Waals surface area contributed by atoms with Crippen LogP contribution in [0.4, 0.5) is 10.5 Å². The van der Waals surface area contributed by atoms with Crippen LogP contribution in [-0.2, 0) is 9.59 Å². The molecule has 9 heteroatoms. The molecule has 1 N–H and O–H groups in total. The average molecular weight is 510 g/mol. The highest BCUT2D eigenvalue weighted by molar-refractivity contribution is 9.10. The maximum absolute atomic E-state index is 12.7. The molecule has 1 aliphatic heterocycles. The Hall–Kier alpha value is -2.29. The van der Waals surface area contributed by atoms with Crippen molar-refractivity contribution in [3.05, 3.63) is 62.4 Å². The van der Waals surface area contributed by atoms with Crippen molar-refractivity contribution in [3.8, 4) is 5.75 Å². The van der Waals surface area contributed by atoms with Crippen molar-refractivity contribution >= 4 is 68.1 Å². The van der Waals surface area contributed by atoms with Crippen LogP contribution < -0.4 is 10.1 Å². The predicted molar refractivity (Wildman–Crippen MR) is 123 cm³/mol. The summed E-state index contributed by atoms with van der Waals surface area (Å²) in [4.78, 5) is 38.5. The summed E-state index contributed by atoms with van der Waals surface area (Å²) in [5.41, 5.74) is 1.16. The number of carbonyl (C=O) groups excluding carboxylic acids is 3. The van der Waals surface area contributed by atoms with Gasteiger partial charge in [0.25, 0.3) is 11.1 Å². The van der Waals surface area contributed by atoms with Gasteiger partial charge in [-0.3, -0.25) is 19.3 Å². The lowest BCUT2D eigenvalue weighted by molar-refractivity contribution is -0.127. The monoisotopic (exact) mass is 508 g/mol. The SMILES string of the molecule is CCCOc1ccc(Br)cc1/C=C1/SC(=O)N(CC(=O)Nc2cccc(Cl)c2)C1=O. The molecule has 1 fully saturated rings. The minimum Gasteiger partial charge on any atom is -0.493 e. The maximum Gasteiger partial charge on any atom is 0.294 e. The molecule has 0 unspecified atom stereocenters. The molecule has 156 valence electrons. The summed E-state index contributed by atoms with van der Waals surface area (Å²) in [5.74, 6) is -0.395. The lowest BCUT2D eigenvalue weighted by atomic mass is 10.2. The molecule has 6 nitrogen and oxygen atoms in total. The molecule has 1 saturated heterocycles. The van der Waals surface area contributed by atoms with Gasteiger partial charge in [-0.1, -0.05) is 40.5 Å². The molecule has 0 radical (unpaired) electrons. The Labute approximate surface area is 191 Å². The normalized spacial score (nSPS) is 15.0. The van der Waals surface area contributed by atoms with Crippen molar-refractivity contribution < 1.29 is 19.1 Å². The number of nitrogens with one attached hydrogen (secondary N) is 1. The fourth-order valence-corrected chi connectivity index (χ4v) is 4.06. The van der Waals surface area contributed by atoms with Gasteiger partial charge in [-0.25, -0.2) is 0 Å². The molecule has 1 heterocycles. The number of benzene rings is 2. The molecular formula is C21H18BrClN2O4S. The fourth-order valence-electron chi connectivity index (χ4n) is 2.66. The Balaban J connectivity index is 1.74. The first kappa shape index (κ1) is 22.4. The van der Waals surface area contributed by atoms with Gasteiger partial charge in [0.05, 0.1) is 11.5 Å². The summed E-state index contributed by atoms with van der Waals surface area (Å²) in [5, 5.41) is 2.60. The van der Waals surface area contributed by atoms with E-state index in [0.717, 1.165) is 27.6 Å². The van der Waals surface area contributed by atoms with Crippen molar-refractivity contribution in [2.24, 2.45) is 0 Å². The van der Waals surface area contributed by atoms with Crippen LogP contribution in [0.25, 0.3) is 6.08 Å². The Kier molecular flexibility index (Phi) is 7.58. The van der Waals surface area contributed by atoms with E-state index < -0.39 is 17.1 Å². The van der Waals surface area contributed by atoms with E-state index >= 15 is 0 Å². The minimum atomic E-state index is -0.521. The molecule has 0 atom stereocenters. The number of halogens is 2. The van der Waals surface area contributed by atoms with Crippen molar-refractivity contribution in [1.82, 2.24) is 4.90 Å². The summed E-state index contributed by atoms with van der Waals surface area (Å²) in [6, 6.07) is 12.1. The van der Waals surface area contributed by atoms with Crippen LogP contribution in [0.3, 0.4) is 0 Å². The summed E-state index contributed by atoms with van der Waals surface area (Å²) in [7, 11) is 0. The maximum atomic E-state index is 12.7. The van der Waals surface area contributed by atoms with Gasteiger partial charge in [-0.05, 0) is 60.7 Å². The van der Waals surface area contributed by atoms with Gasteiger partial charge in [-0.2, -0.15) is 0 Å². The quantitative estimate of drug-likeness (QED) is 0.494. The Morgan fingerprint density at radius 2 is 2.07 bits per heavy atom. The molecule has 0 saturated carbocycles. The second kappa shape index (κ2) is 10.1. The number of ether oxygens (including phenoxy) is 1. The average Bonchev–Trinajstić information content (AvgIpc) is 2.95. The smallest absolute Gasteiger partial charge is 0.294 e. The van der Waals surface area contributed by atoms with Gasteiger partial charge >= 0.3 is 0 Å². The molecule has 3 rings (SSSR count). The highest BCUT2D eigenvalue weighted by Crippen LogP contribution is 2.35. The molecule has 2 aromatic rings. The zero-order chi connectivity index (χ0) is 21.7. The van der Waals surface area contributed by atoms with E-state index in [0.29, 0.717) is 28.6 Å². The molecule has 0 spiro atoms. The topological polar surface area (TPSA) is 75.7 Å². The summed E-state index contributed by atoms with van der Waals surface area (Å²) in [6.45, 7) is 2.15. The van der Waals surface area contributed by atoms with E-state index in [2.05, 4.69) is 21.2 Å². The standard InChI is InChI=1S/C21H18BrClN2O4S/c1-2-8-29-17-7-6-14(22)9-13(17)10-18-20(27)25(21(28)30-18)12-19(26)24-16-5-3-4-15(23)11-16/h3-7,9-11H,2,8,12H2,1H3,(H,24,26)/b18-10+. The van der Waals surface area contributed by atoms with Crippen molar-refractivity contribution in [1.29, 1.82) is 0 Å². The lowest BCUT2D eigenvalue weighted by Crippen LogP contribution is -2.36. The van der Waals surface area contributed by atoms with Gasteiger partial charge in [0.1, 0.15) is 12.3 Å². The number of amides is 3. The van der Waals surface area contributed by atoms with E-state index in [1.54, 1.807) is 36.4 Å². The number of carbonyl (C=O) groups is 3. The number of hydrogen-bond donors (Lipinski definition) is 1. The third-order valence-corrected chi connectivity index (χ3v) is 5.64. The molecule has 30 heavy (non-hydrogen) atoms. The Bertz CT molecular complexity index is 1030. The van der Waals surface area contributed by atoms with Crippen molar-refractivity contribution in [2.75, 3.05) is 18.5 Å². The third-order valence-electron chi connectivity index (χ3n) is 4.00. The van der Waals surface area contributed by atoms with E-state index in [9.17, 15) is 14.4 Å². The number of nitrogens with zero attached hydrogens (tertiary/aromatic N) is 1. The second-order valence-corrected chi connectivity index (χ2v) is 8.70. The van der Waals surface area contributed by atoms with Gasteiger partial charge in [0.2, 0.25) is 5.91 Å². The number of hydrogen-bond acceptors (Lipinski definition) is 5. The van der Waals surface area contributed by atoms with E-state index in [1.807, 2.05) is 19.1 Å². The van der Waals surface area contributed by atoms with Gasteiger partial charge < -0.3 is 10.1 Å². The van der Waals surface area contributed by atoms with Crippen LogP contribution in [0.5, 0.6) is 5.75 Å². The Morgan fingerprint density at radius 3 is 2.80 bits per heavy atom. The molecular weight excluding hydrogens is 492 g/mol. The summed E-state index contributed by atoms with van der Waals surface area (Å²) < 4.78 is 6.54. The number of imide groups is 1. The summed E-state index contributed by atoms with van der Waals surface area (Å²) in [6.07, 6.45) is 2.45. The summed E-state index contributed by atoms with van der Waals surface area (Å²) >= 11 is 10.1. The van der Waals surface area contributed by atoms with Crippen LogP contribution in [0.2, 0.25) is 5.02 Å². The van der Waals surface area contributed by atoms with Crippen molar-refractivity contribution in [2.45, 2.75) is 13.3 Å². The second-order valence-electron chi connectivity index (χ2n) is 6.36. The van der Waals surface area contributed by atoms with Gasteiger partial charge in [0, 0.05) is 20.7 Å². The largest absolute Gasteiger partial charge is 0.493 e. The zero-order valence-corrected chi connectivity index (χ0v) is 19.1. The van der Waals surface area contributed by atoms with Crippen LogP contribution in [0.1, 0.15) is 18.9 Å². The number of thioether (sulfide) groups is 1.